The first-order valence-corrected chi connectivity index (χ1v) is 10.1. The van der Waals surface area contributed by atoms with E-state index >= 15 is 0 Å². The van der Waals surface area contributed by atoms with Gasteiger partial charge in [0.25, 0.3) is 0 Å². The molecule has 27 heavy (non-hydrogen) atoms. The number of aromatic nitrogens is 2. The summed E-state index contributed by atoms with van der Waals surface area (Å²) in [5.41, 5.74) is 6.96. The van der Waals surface area contributed by atoms with E-state index in [1.807, 2.05) is 18.7 Å². The summed E-state index contributed by atoms with van der Waals surface area (Å²) in [4.78, 5) is 4.18. The Kier molecular flexibility index (Phi) is 6.07. The highest BCUT2D eigenvalue weighted by molar-refractivity contribution is 5.44. The topological polar surface area (TPSA) is 36.3 Å². The van der Waals surface area contributed by atoms with E-state index in [2.05, 4.69) is 57.2 Å². The Morgan fingerprint density at radius 1 is 1.19 bits per heavy atom. The van der Waals surface area contributed by atoms with Crippen LogP contribution in [0.3, 0.4) is 0 Å². The highest BCUT2D eigenvalue weighted by Crippen LogP contribution is 2.34. The van der Waals surface area contributed by atoms with Gasteiger partial charge in [0.15, 0.2) is 5.79 Å². The van der Waals surface area contributed by atoms with Crippen LogP contribution in [0.2, 0.25) is 0 Å². The lowest BCUT2D eigenvalue weighted by Crippen LogP contribution is -2.37. The summed E-state index contributed by atoms with van der Waals surface area (Å²) in [6, 6.07) is 2.29. The second-order valence-corrected chi connectivity index (χ2v) is 8.57. The minimum atomic E-state index is -0.573. The Labute approximate surface area is 163 Å². The zero-order chi connectivity index (χ0) is 19.6. The number of ether oxygens (including phenoxy) is 2. The van der Waals surface area contributed by atoms with Crippen molar-refractivity contribution < 1.29 is 9.47 Å². The van der Waals surface area contributed by atoms with Gasteiger partial charge in [-0.25, -0.2) is 4.98 Å². The van der Waals surface area contributed by atoms with Crippen LogP contribution in [0.25, 0.3) is 0 Å². The van der Waals surface area contributed by atoms with Gasteiger partial charge in [-0.2, -0.15) is 0 Å². The molecule has 0 saturated carbocycles. The van der Waals surface area contributed by atoms with Crippen LogP contribution < -0.4 is 0 Å². The Hall–Kier alpha value is -1.65. The van der Waals surface area contributed by atoms with Crippen molar-refractivity contribution in [3.8, 4) is 0 Å². The normalized spacial score (nSPS) is 22.7. The second-order valence-electron chi connectivity index (χ2n) is 8.57. The molecule has 1 fully saturated rings. The molecule has 0 aliphatic carbocycles. The van der Waals surface area contributed by atoms with Crippen LogP contribution >= 0.6 is 0 Å². The third-order valence-corrected chi connectivity index (χ3v) is 5.91. The number of rotatable bonds is 7. The van der Waals surface area contributed by atoms with Gasteiger partial charge in [-0.15, -0.1) is 0 Å². The monoisotopic (exact) mass is 370 g/mol. The van der Waals surface area contributed by atoms with Gasteiger partial charge >= 0.3 is 0 Å². The fraction of sp³-hybridized carbons (Fsp3) is 0.609. The molecule has 0 bridgehead atoms. The van der Waals surface area contributed by atoms with Gasteiger partial charge in [-0.1, -0.05) is 19.9 Å². The van der Waals surface area contributed by atoms with E-state index in [4.69, 9.17) is 9.47 Å². The first kappa shape index (κ1) is 20.1. The average molecular weight is 371 g/mol. The van der Waals surface area contributed by atoms with Crippen molar-refractivity contribution in [3.63, 3.8) is 0 Å². The summed E-state index contributed by atoms with van der Waals surface area (Å²) in [6.45, 7) is 14.7. The van der Waals surface area contributed by atoms with Gasteiger partial charge in [-0.05, 0) is 74.3 Å². The van der Waals surface area contributed by atoms with Crippen LogP contribution in [0.1, 0.15) is 54.5 Å². The number of hydrogen-bond donors (Lipinski definition) is 0. The molecular formula is C23H34N2O2. The third kappa shape index (κ3) is 4.61. The van der Waals surface area contributed by atoms with Gasteiger partial charge in [-0.3, -0.25) is 0 Å². The van der Waals surface area contributed by atoms with Gasteiger partial charge < -0.3 is 14.0 Å². The van der Waals surface area contributed by atoms with Crippen molar-refractivity contribution in [1.82, 2.24) is 9.55 Å². The Bertz CT molecular complexity index is 741. The van der Waals surface area contributed by atoms with E-state index in [9.17, 15) is 0 Å². The van der Waals surface area contributed by atoms with E-state index in [0.717, 1.165) is 19.3 Å². The highest BCUT2D eigenvalue weighted by atomic mass is 16.7. The largest absolute Gasteiger partial charge is 0.345 e. The molecule has 1 aromatic carbocycles. The number of aryl methyl sites for hydroxylation is 2. The number of hydrogen-bond acceptors (Lipinski definition) is 3. The zero-order valence-electron chi connectivity index (χ0n) is 17.7. The lowest BCUT2D eigenvalue weighted by atomic mass is 9.90. The van der Waals surface area contributed by atoms with Crippen LogP contribution in [0.4, 0.5) is 0 Å². The van der Waals surface area contributed by atoms with Crippen molar-refractivity contribution >= 4 is 0 Å². The first-order chi connectivity index (χ1) is 12.8. The predicted octanol–water partition coefficient (Wildman–Crippen LogP) is 4.91. The van der Waals surface area contributed by atoms with Crippen molar-refractivity contribution in [1.29, 1.82) is 0 Å². The molecule has 1 aliphatic rings. The second kappa shape index (κ2) is 8.15. The number of nitrogens with zero attached hydrogens (tertiary/aromatic N) is 2. The molecule has 0 amide bonds. The molecule has 0 N–H and O–H groups in total. The van der Waals surface area contributed by atoms with E-state index in [1.54, 1.807) is 0 Å². The first-order valence-electron chi connectivity index (χ1n) is 10.1. The molecule has 3 rings (SSSR count). The van der Waals surface area contributed by atoms with Gasteiger partial charge in [0.05, 0.1) is 25.6 Å². The van der Waals surface area contributed by atoms with E-state index in [-0.39, 0.29) is 6.10 Å². The zero-order valence-corrected chi connectivity index (χ0v) is 17.7. The van der Waals surface area contributed by atoms with Crippen molar-refractivity contribution in [2.75, 3.05) is 6.61 Å². The molecule has 1 aromatic heterocycles. The summed E-state index contributed by atoms with van der Waals surface area (Å²) in [5.74, 6) is 0.0307. The van der Waals surface area contributed by atoms with E-state index < -0.39 is 5.79 Å². The molecule has 2 atom stereocenters. The van der Waals surface area contributed by atoms with Crippen LogP contribution in [0, 0.1) is 33.6 Å². The van der Waals surface area contributed by atoms with Crippen molar-refractivity contribution in [3.05, 3.63) is 52.6 Å². The van der Waals surface area contributed by atoms with Crippen LogP contribution in [-0.4, -0.2) is 28.0 Å². The maximum absolute atomic E-state index is 6.52. The standard InChI is InChI=1S/C23H34N2O2/c1-16(2)11-21-13-26-23(27-21,14-25-10-9-24-15-25)8-7-22-19(5)17(3)12-18(4)20(22)6/h9-10,12,15-16,21H,7-8,11,13-14H2,1-6H3. The van der Waals surface area contributed by atoms with Crippen molar-refractivity contribution in [2.45, 2.75) is 79.2 Å². The molecule has 0 spiro atoms. The average Bonchev–Trinajstić information content (AvgIpc) is 3.23. The summed E-state index contributed by atoms with van der Waals surface area (Å²) < 4.78 is 14.9. The molecule has 1 saturated heterocycles. The Balaban J connectivity index is 1.81. The Morgan fingerprint density at radius 2 is 1.89 bits per heavy atom. The van der Waals surface area contributed by atoms with Crippen LogP contribution in [0.15, 0.2) is 24.8 Å². The SMILES string of the molecule is Cc1cc(C)c(C)c(CCC2(Cn3ccnc3)OCC(CC(C)C)O2)c1C. The van der Waals surface area contributed by atoms with Crippen LogP contribution in [-0.2, 0) is 22.4 Å². The van der Waals surface area contributed by atoms with E-state index in [0.29, 0.717) is 19.1 Å². The predicted molar refractivity (Wildman–Crippen MR) is 109 cm³/mol. The third-order valence-electron chi connectivity index (χ3n) is 5.91. The molecule has 148 valence electrons. The lowest BCUT2D eigenvalue weighted by molar-refractivity contribution is -0.183. The number of imidazole rings is 1. The maximum Gasteiger partial charge on any atom is 0.187 e. The number of benzene rings is 1. The van der Waals surface area contributed by atoms with Gasteiger partial charge in [0, 0.05) is 18.8 Å². The Morgan fingerprint density at radius 3 is 2.48 bits per heavy atom. The molecule has 4 heteroatoms. The summed E-state index contributed by atoms with van der Waals surface area (Å²) in [6.07, 6.45) is 8.66. The fourth-order valence-corrected chi connectivity index (χ4v) is 4.20. The molecule has 4 nitrogen and oxygen atoms in total. The summed E-state index contributed by atoms with van der Waals surface area (Å²) in [5, 5.41) is 0. The highest BCUT2D eigenvalue weighted by Gasteiger charge is 2.41. The van der Waals surface area contributed by atoms with Crippen LogP contribution in [0.5, 0.6) is 0 Å². The van der Waals surface area contributed by atoms with Crippen molar-refractivity contribution in [2.24, 2.45) is 5.92 Å². The molecule has 2 heterocycles. The molecule has 0 radical (unpaired) electrons. The molecule has 1 aliphatic heterocycles. The molecule has 2 unspecified atom stereocenters. The minimum Gasteiger partial charge on any atom is -0.345 e. The smallest absolute Gasteiger partial charge is 0.187 e. The quantitative estimate of drug-likeness (QED) is 0.695. The van der Waals surface area contributed by atoms with Gasteiger partial charge in [0.2, 0.25) is 0 Å². The molecule has 2 aromatic rings. The summed E-state index contributed by atoms with van der Waals surface area (Å²) >= 11 is 0. The maximum atomic E-state index is 6.52. The van der Waals surface area contributed by atoms with Gasteiger partial charge in [0.1, 0.15) is 0 Å². The lowest BCUT2D eigenvalue weighted by Gasteiger charge is -2.30. The minimum absolute atomic E-state index is 0.176. The van der Waals surface area contributed by atoms with E-state index in [1.165, 1.54) is 27.8 Å². The fourth-order valence-electron chi connectivity index (χ4n) is 4.20. The molecular weight excluding hydrogens is 336 g/mol. The summed E-state index contributed by atoms with van der Waals surface area (Å²) in [7, 11) is 0.